The summed E-state index contributed by atoms with van der Waals surface area (Å²) in [6.45, 7) is 6.26. The van der Waals surface area contributed by atoms with Gasteiger partial charge in [0.25, 0.3) is 0 Å². The summed E-state index contributed by atoms with van der Waals surface area (Å²) in [5, 5.41) is 2.71. The average molecular weight is 235 g/mol. The third-order valence-corrected chi connectivity index (χ3v) is 2.66. The van der Waals surface area contributed by atoms with Crippen molar-refractivity contribution in [2.24, 2.45) is 0 Å². The molecule has 0 spiro atoms. The summed E-state index contributed by atoms with van der Waals surface area (Å²) in [5.41, 5.74) is 0.459. The van der Waals surface area contributed by atoms with E-state index in [0.717, 1.165) is 18.0 Å². The maximum absolute atomic E-state index is 10.9. The van der Waals surface area contributed by atoms with Crippen LogP contribution in [-0.4, -0.2) is 24.2 Å². The molecule has 1 aliphatic rings. The molecule has 1 saturated heterocycles. The molecule has 1 atom stereocenters. The Balaban J connectivity index is 2.00. The van der Waals surface area contributed by atoms with Crippen LogP contribution in [-0.2, 0) is 9.53 Å². The molecule has 1 amide bonds. The lowest BCUT2D eigenvalue weighted by molar-refractivity contribution is -0.114. The number of carbonyl (C=O) groups excluding carboxylic acids is 1. The molecule has 0 aromatic heterocycles. The standard InChI is InChI=1S/C13H17NO3/c1-9(15)14-10-4-6-11(7-5-10)17-13(2,3)12-8-16-12/h4-7,12H,8H2,1-3H3,(H,14,15). The van der Waals surface area contributed by atoms with Crippen LogP contribution in [0.15, 0.2) is 24.3 Å². The Kier molecular flexibility index (Phi) is 3.07. The van der Waals surface area contributed by atoms with Gasteiger partial charge in [-0.2, -0.15) is 0 Å². The van der Waals surface area contributed by atoms with Crippen molar-refractivity contribution >= 4 is 11.6 Å². The van der Waals surface area contributed by atoms with E-state index >= 15 is 0 Å². The highest BCUT2D eigenvalue weighted by atomic mass is 16.6. The Morgan fingerprint density at radius 1 is 1.41 bits per heavy atom. The molecule has 92 valence electrons. The molecule has 1 N–H and O–H groups in total. The first-order valence-electron chi connectivity index (χ1n) is 5.66. The van der Waals surface area contributed by atoms with Crippen LogP contribution >= 0.6 is 0 Å². The van der Waals surface area contributed by atoms with Crippen LogP contribution in [0.2, 0.25) is 0 Å². The zero-order valence-electron chi connectivity index (χ0n) is 10.3. The summed E-state index contributed by atoms with van der Waals surface area (Å²) in [6.07, 6.45) is 0.178. The first kappa shape index (κ1) is 11.9. The monoisotopic (exact) mass is 235 g/mol. The number of benzene rings is 1. The van der Waals surface area contributed by atoms with E-state index in [-0.39, 0.29) is 17.6 Å². The number of rotatable bonds is 4. The first-order valence-corrected chi connectivity index (χ1v) is 5.66. The fraction of sp³-hybridized carbons (Fsp3) is 0.462. The lowest BCUT2D eigenvalue weighted by Crippen LogP contribution is -2.34. The molecule has 1 aromatic rings. The molecule has 0 saturated carbocycles. The third kappa shape index (κ3) is 3.20. The highest BCUT2D eigenvalue weighted by Crippen LogP contribution is 2.29. The van der Waals surface area contributed by atoms with Crippen molar-refractivity contribution < 1.29 is 14.3 Å². The van der Waals surface area contributed by atoms with E-state index in [9.17, 15) is 4.79 Å². The second-order valence-corrected chi connectivity index (χ2v) is 4.73. The van der Waals surface area contributed by atoms with Gasteiger partial charge in [-0.15, -0.1) is 0 Å². The van der Waals surface area contributed by atoms with Gasteiger partial charge in [0, 0.05) is 12.6 Å². The molecular formula is C13H17NO3. The van der Waals surface area contributed by atoms with Crippen LogP contribution in [0.3, 0.4) is 0 Å². The van der Waals surface area contributed by atoms with Crippen molar-refractivity contribution in [3.8, 4) is 5.75 Å². The largest absolute Gasteiger partial charge is 0.485 e. The smallest absolute Gasteiger partial charge is 0.221 e. The Hall–Kier alpha value is -1.55. The summed E-state index contributed by atoms with van der Waals surface area (Å²) < 4.78 is 11.1. The Labute approximate surface area is 101 Å². The van der Waals surface area contributed by atoms with Gasteiger partial charge in [-0.1, -0.05) is 0 Å². The molecule has 1 aliphatic heterocycles. The Morgan fingerprint density at radius 2 is 2.00 bits per heavy atom. The highest BCUT2D eigenvalue weighted by molar-refractivity contribution is 5.88. The normalized spacial score (nSPS) is 18.6. The molecule has 1 heterocycles. The van der Waals surface area contributed by atoms with Gasteiger partial charge < -0.3 is 14.8 Å². The van der Waals surface area contributed by atoms with Gasteiger partial charge in [-0.3, -0.25) is 4.79 Å². The molecule has 4 heteroatoms. The van der Waals surface area contributed by atoms with Crippen LogP contribution < -0.4 is 10.1 Å². The van der Waals surface area contributed by atoms with E-state index in [2.05, 4.69) is 5.32 Å². The van der Waals surface area contributed by atoms with Gasteiger partial charge in [0.05, 0.1) is 6.61 Å². The first-order chi connectivity index (χ1) is 7.97. The number of amides is 1. The van der Waals surface area contributed by atoms with Gasteiger partial charge in [0.2, 0.25) is 5.91 Å². The van der Waals surface area contributed by atoms with E-state index in [1.54, 1.807) is 0 Å². The quantitative estimate of drug-likeness (QED) is 0.814. The van der Waals surface area contributed by atoms with E-state index < -0.39 is 0 Å². The van der Waals surface area contributed by atoms with Crippen molar-refractivity contribution in [3.63, 3.8) is 0 Å². The van der Waals surface area contributed by atoms with Crippen LogP contribution in [0, 0.1) is 0 Å². The molecule has 1 aromatic carbocycles. The van der Waals surface area contributed by atoms with Crippen LogP contribution in [0.25, 0.3) is 0 Å². The molecular weight excluding hydrogens is 218 g/mol. The van der Waals surface area contributed by atoms with E-state index in [1.165, 1.54) is 6.92 Å². The summed E-state index contributed by atoms with van der Waals surface area (Å²) in [6, 6.07) is 7.33. The molecule has 0 radical (unpaired) electrons. The predicted octanol–water partition coefficient (Wildman–Crippen LogP) is 2.20. The summed E-state index contributed by atoms with van der Waals surface area (Å²) in [5.74, 6) is 0.699. The third-order valence-electron chi connectivity index (χ3n) is 2.66. The lowest BCUT2D eigenvalue weighted by atomic mass is 10.1. The number of nitrogens with one attached hydrogen (secondary N) is 1. The van der Waals surface area contributed by atoms with Gasteiger partial charge in [0.15, 0.2) is 0 Å². The zero-order valence-corrected chi connectivity index (χ0v) is 10.3. The van der Waals surface area contributed by atoms with Crippen LogP contribution in [0.1, 0.15) is 20.8 Å². The van der Waals surface area contributed by atoms with E-state index in [4.69, 9.17) is 9.47 Å². The topological polar surface area (TPSA) is 50.9 Å². The number of ether oxygens (including phenoxy) is 2. The van der Waals surface area contributed by atoms with Crippen LogP contribution in [0.4, 0.5) is 5.69 Å². The lowest BCUT2D eigenvalue weighted by Gasteiger charge is -2.24. The second kappa shape index (κ2) is 4.37. The average Bonchev–Trinajstić information content (AvgIpc) is 3.03. The van der Waals surface area contributed by atoms with Crippen molar-refractivity contribution in [1.29, 1.82) is 0 Å². The van der Waals surface area contributed by atoms with Crippen molar-refractivity contribution in [3.05, 3.63) is 24.3 Å². The van der Waals surface area contributed by atoms with E-state index in [1.807, 2.05) is 38.1 Å². The molecule has 17 heavy (non-hydrogen) atoms. The number of epoxide rings is 1. The predicted molar refractivity (Wildman–Crippen MR) is 65.2 cm³/mol. The Bertz CT molecular complexity index is 407. The van der Waals surface area contributed by atoms with E-state index in [0.29, 0.717) is 0 Å². The molecule has 1 fully saturated rings. The minimum absolute atomic E-state index is 0.0784. The fourth-order valence-corrected chi connectivity index (χ4v) is 1.63. The van der Waals surface area contributed by atoms with Gasteiger partial charge in [0.1, 0.15) is 17.5 Å². The zero-order chi connectivity index (χ0) is 12.5. The van der Waals surface area contributed by atoms with Gasteiger partial charge in [-0.25, -0.2) is 0 Å². The maximum atomic E-state index is 10.9. The van der Waals surface area contributed by atoms with Crippen molar-refractivity contribution in [2.75, 3.05) is 11.9 Å². The molecule has 4 nitrogen and oxygen atoms in total. The van der Waals surface area contributed by atoms with Gasteiger partial charge in [-0.05, 0) is 38.1 Å². The van der Waals surface area contributed by atoms with Crippen molar-refractivity contribution in [2.45, 2.75) is 32.5 Å². The van der Waals surface area contributed by atoms with Crippen molar-refractivity contribution in [1.82, 2.24) is 0 Å². The highest BCUT2D eigenvalue weighted by Gasteiger charge is 2.41. The number of anilines is 1. The Morgan fingerprint density at radius 3 is 2.47 bits per heavy atom. The summed E-state index contributed by atoms with van der Waals surface area (Å²) in [4.78, 5) is 10.9. The second-order valence-electron chi connectivity index (χ2n) is 4.73. The summed E-state index contributed by atoms with van der Waals surface area (Å²) in [7, 11) is 0. The maximum Gasteiger partial charge on any atom is 0.221 e. The summed E-state index contributed by atoms with van der Waals surface area (Å²) >= 11 is 0. The number of hydrogen-bond acceptors (Lipinski definition) is 3. The molecule has 2 rings (SSSR count). The van der Waals surface area contributed by atoms with Crippen LogP contribution in [0.5, 0.6) is 5.75 Å². The SMILES string of the molecule is CC(=O)Nc1ccc(OC(C)(C)C2CO2)cc1. The minimum Gasteiger partial charge on any atom is -0.485 e. The molecule has 0 aliphatic carbocycles. The number of hydrogen-bond donors (Lipinski definition) is 1. The minimum atomic E-state index is -0.310. The fourth-order valence-electron chi connectivity index (χ4n) is 1.63. The molecule has 1 unspecified atom stereocenters. The molecule has 0 bridgehead atoms. The van der Waals surface area contributed by atoms with Gasteiger partial charge >= 0.3 is 0 Å². The number of carbonyl (C=O) groups is 1.